The topological polar surface area (TPSA) is 374 Å². The molecule has 0 aliphatic heterocycles. The zero-order chi connectivity index (χ0) is 48.9. The van der Waals surface area contributed by atoms with Crippen molar-refractivity contribution in [1.82, 2.24) is 19.9 Å². The average Bonchev–Trinajstić information content (AvgIpc) is 3.89. The van der Waals surface area contributed by atoms with Crippen LogP contribution < -0.4 is 21.3 Å². The summed E-state index contributed by atoms with van der Waals surface area (Å²) in [6.07, 6.45) is 0. The van der Waals surface area contributed by atoms with Gasteiger partial charge in [-0.2, -0.15) is 33.7 Å². The summed E-state index contributed by atoms with van der Waals surface area (Å²) in [6, 6.07) is 25.3. The van der Waals surface area contributed by atoms with E-state index in [1.165, 1.54) is 36.4 Å². The molecule has 8 rings (SSSR count). The van der Waals surface area contributed by atoms with Crippen LogP contribution in [0.2, 0.25) is 0 Å². The second-order valence-corrected chi connectivity index (χ2v) is 20.1. The number of fused-ring (bicyclic) bond motifs is 2. The van der Waals surface area contributed by atoms with Crippen LogP contribution in [0.25, 0.3) is 44.8 Å². The van der Waals surface area contributed by atoms with Crippen molar-refractivity contribution in [1.29, 1.82) is 0 Å². The molecule has 0 saturated heterocycles. The Bertz CT molecular complexity index is 3640. The van der Waals surface area contributed by atoms with Gasteiger partial charge in [-0.15, -0.1) is 0 Å². The number of nitrogens with zero attached hydrogens (tertiary/aromatic N) is 2. The van der Waals surface area contributed by atoms with Crippen molar-refractivity contribution in [3.63, 3.8) is 0 Å². The summed E-state index contributed by atoms with van der Waals surface area (Å²) in [5, 5.41) is 9.96. The minimum atomic E-state index is -4.93. The summed E-state index contributed by atoms with van der Waals surface area (Å²) in [7, 11) is -19.5. The fourth-order valence-electron chi connectivity index (χ4n) is 6.73. The van der Waals surface area contributed by atoms with Gasteiger partial charge in [-0.3, -0.25) is 27.8 Å². The number of aromatic nitrogens is 4. The number of anilines is 4. The van der Waals surface area contributed by atoms with Gasteiger partial charge in [0.05, 0.1) is 43.2 Å². The first-order chi connectivity index (χ1) is 31.9. The summed E-state index contributed by atoms with van der Waals surface area (Å²) >= 11 is 0. The van der Waals surface area contributed by atoms with Crippen LogP contribution in [-0.2, 0) is 40.5 Å². The predicted octanol–water partition coefficient (Wildman–Crippen LogP) is 5.91. The Morgan fingerprint density at radius 2 is 0.838 bits per heavy atom. The van der Waals surface area contributed by atoms with Gasteiger partial charge in [-0.25, -0.2) is 14.8 Å². The summed E-state index contributed by atoms with van der Waals surface area (Å²) in [4.78, 5) is 51.7. The highest BCUT2D eigenvalue weighted by Gasteiger charge is 2.24. The van der Waals surface area contributed by atoms with E-state index >= 15 is 0 Å². The molecule has 0 aliphatic carbocycles. The molecule has 8 aromatic rings. The minimum absolute atomic E-state index is 0.0236. The molecule has 0 bridgehead atoms. The summed E-state index contributed by atoms with van der Waals surface area (Å²) in [6.45, 7) is 0. The average molecular weight is 1000 g/mol. The van der Waals surface area contributed by atoms with Crippen molar-refractivity contribution in [3.05, 3.63) is 132 Å². The molecule has 2 aromatic heterocycles. The van der Waals surface area contributed by atoms with Crippen LogP contribution in [0.5, 0.6) is 0 Å². The molecule has 0 spiro atoms. The van der Waals surface area contributed by atoms with E-state index in [0.717, 1.165) is 12.1 Å². The second kappa shape index (κ2) is 17.4. The molecule has 10 N–H and O–H groups in total. The number of hydrogen-bond acceptors (Lipinski definition) is 13. The standard InChI is InChI=1S/C41H30N8O15S4/c50-39(48-33-19-27(65(53,54)55)9-13-35(33)67(59,60)61)23-7-11-29-31(17-23)46-37(44-29)21-3-1-5-25(15-21)42-41(52)43-26-6-2-4-22(16-26)38-45-30-12-8-24(18-32(30)47-38)40(51)49-34-20-28(66(56,57)58)10-14-36(34)68(62,63)64/h1-20H,(H,44,46)(H,45,47)(H,48,50)(H,49,51)(H2,42,43,52)(H,53,54,55)(H,56,57,58)(H,59,60,61)(H,62,63,64). The maximum Gasteiger partial charge on any atom is 0.323 e. The number of nitrogens with one attached hydrogen (secondary N) is 6. The maximum atomic E-state index is 13.2. The number of urea groups is 1. The smallest absolute Gasteiger partial charge is 0.323 e. The van der Waals surface area contributed by atoms with Gasteiger partial charge in [0, 0.05) is 33.6 Å². The number of benzene rings is 6. The molecule has 0 fully saturated rings. The number of H-pyrrole nitrogens is 2. The first-order valence-corrected chi connectivity index (χ1v) is 24.7. The first kappa shape index (κ1) is 46.6. The highest BCUT2D eigenvalue weighted by atomic mass is 32.2. The Balaban J connectivity index is 0.944. The predicted molar refractivity (Wildman–Crippen MR) is 244 cm³/mol. The minimum Gasteiger partial charge on any atom is -0.338 e. The Hall–Kier alpha value is -7.89. The quantitative estimate of drug-likeness (QED) is 0.0636. The zero-order valence-electron chi connectivity index (χ0n) is 33.9. The van der Waals surface area contributed by atoms with Crippen molar-refractivity contribution in [2.45, 2.75) is 19.6 Å². The molecule has 0 atom stereocenters. The molecule has 348 valence electrons. The van der Waals surface area contributed by atoms with Crippen LogP contribution in [0.1, 0.15) is 20.7 Å². The number of rotatable bonds is 12. The molecule has 23 nitrogen and oxygen atoms in total. The van der Waals surface area contributed by atoms with Crippen LogP contribution in [0.3, 0.4) is 0 Å². The Kier molecular flexibility index (Phi) is 11.9. The highest BCUT2D eigenvalue weighted by molar-refractivity contribution is 7.87. The van der Waals surface area contributed by atoms with E-state index < -0.39 is 89.3 Å². The highest BCUT2D eigenvalue weighted by Crippen LogP contribution is 2.30. The molecule has 6 aromatic carbocycles. The Labute approximate surface area is 383 Å². The normalized spacial score (nSPS) is 12.2. The van der Waals surface area contributed by atoms with Crippen LogP contribution in [0.15, 0.2) is 141 Å². The van der Waals surface area contributed by atoms with E-state index in [-0.39, 0.29) is 11.1 Å². The lowest BCUT2D eigenvalue weighted by molar-refractivity contribution is 0.101. The van der Waals surface area contributed by atoms with Crippen molar-refractivity contribution in [3.8, 4) is 22.8 Å². The van der Waals surface area contributed by atoms with Crippen molar-refractivity contribution >= 4 is 103 Å². The van der Waals surface area contributed by atoms with E-state index in [1.54, 1.807) is 48.5 Å². The number of hydrogen-bond donors (Lipinski definition) is 10. The van der Waals surface area contributed by atoms with Gasteiger partial charge >= 0.3 is 6.03 Å². The lowest BCUT2D eigenvalue weighted by Gasteiger charge is -2.11. The molecular weight excluding hydrogens is 973 g/mol. The monoisotopic (exact) mass is 1000 g/mol. The lowest BCUT2D eigenvalue weighted by Crippen LogP contribution is -2.19. The summed E-state index contributed by atoms with van der Waals surface area (Å²) in [5.74, 6) is -1.13. The van der Waals surface area contributed by atoms with E-state index in [0.29, 0.717) is 80.5 Å². The van der Waals surface area contributed by atoms with Gasteiger partial charge in [0.2, 0.25) is 0 Å². The lowest BCUT2D eigenvalue weighted by atomic mass is 10.2. The van der Waals surface area contributed by atoms with E-state index in [2.05, 4.69) is 41.2 Å². The fourth-order valence-corrected chi connectivity index (χ4v) is 9.00. The van der Waals surface area contributed by atoms with Gasteiger partial charge in [0.1, 0.15) is 21.4 Å². The Morgan fingerprint density at radius 1 is 0.441 bits per heavy atom. The fraction of sp³-hybridized carbons (Fsp3) is 0. The van der Waals surface area contributed by atoms with Gasteiger partial charge in [-0.1, -0.05) is 24.3 Å². The number of carbonyl (C=O) groups is 3. The van der Waals surface area contributed by atoms with Gasteiger partial charge in [0.25, 0.3) is 52.3 Å². The molecule has 0 unspecified atom stereocenters. The third kappa shape index (κ3) is 10.2. The van der Waals surface area contributed by atoms with E-state index in [9.17, 15) is 66.3 Å². The van der Waals surface area contributed by atoms with Crippen LogP contribution >= 0.6 is 0 Å². The van der Waals surface area contributed by atoms with Gasteiger partial charge in [0.15, 0.2) is 0 Å². The van der Waals surface area contributed by atoms with Gasteiger partial charge < -0.3 is 31.2 Å². The van der Waals surface area contributed by atoms with E-state index in [4.69, 9.17) is 0 Å². The third-order valence-corrected chi connectivity index (χ3v) is 13.3. The number of imidazole rings is 2. The van der Waals surface area contributed by atoms with Crippen molar-refractivity contribution < 1.29 is 66.3 Å². The molecule has 68 heavy (non-hydrogen) atoms. The maximum absolute atomic E-state index is 13.2. The van der Waals surface area contributed by atoms with Crippen LogP contribution in [0, 0.1) is 0 Å². The Morgan fingerprint density at radius 3 is 1.21 bits per heavy atom. The SMILES string of the molecule is O=C(Nc1cccc(-c2nc3ccc(C(=O)Nc4cc(S(=O)(=O)O)ccc4S(=O)(=O)O)cc3[nH]2)c1)Nc1cccc(-c2nc3ccc(C(=O)Nc4cc(S(=O)(=O)O)ccc4S(=O)(=O)O)cc3[nH]2)c1. The second-order valence-electron chi connectivity index (χ2n) is 14.5. The molecule has 4 amide bonds. The molecule has 27 heteroatoms. The molecule has 0 aliphatic rings. The summed E-state index contributed by atoms with van der Waals surface area (Å²) in [5.41, 5.74) is 2.04. The number of amides is 4. The van der Waals surface area contributed by atoms with Crippen LogP contribution in [0.4, 0.5) is 27.5 Å². The van der Waals surface area contributed by atoms with E-state index in [1.807, 2.05) is 0 Å². The largest absolute Gasteiger partial charge is 0.338 e. The molecule has 0 saturated carbocycles. The first-order valence-electron chi connectivity index (χ1n) is 19.0. The third-order valence-electron chi connectivity index (χ3n) is 9.83. The molecule has 0 radical (unpaired) electrons. The van der Waals surface area contributed by atoms with Gasteiger partial charge in [-0.05, 0) is 97.1 Å². The zero-order valence-corrected chi connectivity index (χ0v) is 37.1. The van der Waals surface area contributed by atoms with Crippen molar-refractivity contribution in [2.75, 3.05) is 21.3 Å². The molecule has 2 heterocycles. The van der Waals surface area contributed by atoms with Crippen molar-refractivity contribution in [2.24, 2.45) is 0 Å². The van der Waals surface area contributed by atoms with Crippen LogP contribution in [-0.4, -0.2) is 89.7 Å². The summed E-state index contributed by atoms with van der Waals surface area (Å²) < 4.78 is 132. The number of aromatic amines is 2. The molecular formula is C41H30N8O15S4. The number of carbonyl (C=O) groups excluding carboxylic acids is 3.